The van der Waals surface area contributed by atoms with Crippen molar-refractivity contribution in [2.75, 3.05) is 10.6 Å². The monoisotopic (exact) mass is 456 g/mol. The number of aliphatic carboxylic acids is 1. The largest absolute Gasteiger partial charge is 0.481 e. The summed E-state index contributed by atoms with van der Waals surface area (Å²) in [5.74, 6) is -1.15. The van der Waals surface area contributed by atoms with Crippen LogP contribution < -0.4 is 10.6 Å². The average molecular weight is 457 g/mol. The number of carboxylic acid groups (broad SMARTS) is 1. The van der Waals surface area contributed by atoms with Crippen molar-refractivity contribution in [3.63, 3.8) is 0 Å². The summed E-state index contributed by atoms with van der Waals surface area (Å²) in [6, 6.07) is 5.78. The van der Waals surface area contributed by atoms with Gasteiger partial charge in [-0.05, 0) is 73.3 Å². The lowest BCUT2D eigenvalue weighted by atomic mass is 9.72. The first-order chi connectivity index (χ1) is 15.0. The van der Waals surface area contributed by atoms with Crippen LogP contribution in [0.3, 0.4) is 0 Å². The van der Waals surface area contributed by atoms with E-state index in [-0.39, 0.29) is 24.2 Å². The number of nitrogens with one attached hydrogen (secondary N) is 2. The van der Waals surface area contributed by atoms with E-state index in [2.05, 4.69) is 31.4 Å². The van der Waals surface area contributed by atoms with Gasteiger partial charge in [-0.1, -0.05) is 26.8 Å². The van der Waals surface area contributed by atoms with Gasteiger partial charge in [0.15, 0.2) is 0 Å². The van der Waals surface area contributed by atoms with Crippen molar-refractivity contribution in [2.24, 2.45) is 11.3 Å². The molecule has 1 aromatic carbocycles. The van der Waals surface area contributed by atoms with Crippen LogP contribution >= 0.6 is 11.3 Å². The molecular weight excluding hydrogens is 424 g/mol. The minimum absolute atomic E-state index is 0.124. The molecule has 0 radical (unpaired) electrons. The van der Waals surface area contributed by atoms with Gasteiger partial charge in [0.25, 0.3) is 5.91 Å². The van der Waals surface area contributed by atoms with Crippen molar-refractivity contribution in [2.45, 2.75) is 66.7 Å². The highest BCUT2D eigenvalue weighted by Gasteiger charge is 2.34. The standard InChI is InChI=1S/C25H32N2O4S/c1-14-6-8-17(12-15(14)2)26-23(31)22-18-9-7-16(25(3,4)5)13-19(18)32-24(22)27-20(28)10-11-21(29)30/h6,8,12,16H,7,9-11,13H2,1-5H3,(H,26,31)(H,27,28)(H,29,30). The van der Waals surface area contributed by atoms with Crippen molar-refractivity contribution in [3.8, 4) is 0 Å². The molecule has 7 heteroatoms. The Morgan fingerprint density at radius 2 is 1.81 bits per heavy atom. The molecule has 0 fully saturated rings. The molecule has 6 nitrogen and oxygen atoms in total. The van der Waals surface area contributed by atoms with Gasteiger partial charge in [-0.2, -0.15) is 0 Å². The van der Waals surface area contributed by atoms with Crippen molar-refractivity contribution >= 4 is 39.8 Å². The molecule has 2 aromatic rings. The van der Waals surface area contributed by atoms with E-state index >= 15 is 0 Å². The first kappa shape index (κ1) is 24.0. The van der Waals surface area contributed by atoms with Crippen molar-refractivity contribution in [1.82, 2.24) is 0 Å². The summed E-state index contributed by atoms with van der Waals surface area (Å²) < 4.78 is 0. The summed E-state index contributed by atoms with van der Waals surface area (Å²) in [5.41, 5.74) is 4.63. The van der Waals surface area contributed by atoms with E-state index in [0.717, 1.165) is 40.8 Å². The fourth-order valence-corrected chi connectivity index (χ4v) is 5.42. The lowest BCUT2D eigenvalue weighted by Gasteiger charge is -2.33. The predicted molar refractivity (Wildman–Crippen MR) is 129 cm³/mol. The third kappa shape index (κ3) is 5.57. The maximum Gasteiger partial charge on any atom is 0.303 e. The van der Waals surface area contributed by atoms with E-state index in [1.54, 1.807) is 0 Å². The number of aryl methyl sites for hydroxylation is 2. The molecule has 0 spiro atoms. The maximum absolute atomic E-state index is 13.3. The molecule has 1 heterocycles. The molecule has 0 aliphatic heterocycles. The van der Waals surface area contributed by atoms with Crippen LogP contribution in [0.25, 0.3) is 0 Å². The van der Waals surface area contributed by atoms with Gasteiger partial charge in [-0.15, -0.1) is 11.3 Å². The number of carbonyl (C=O) groups is 3. The molecule has 0 saturated heterocycles. The topological polar surface area (TPSA) is 95.5 Å². The molecule has 3 rings (SSSR count). The number of anilines is 2. The summed E-state index contributed by atoms with van der Waals surface area (Å²) in [6.07, 6.45) is 2.28. The lowest BCUT2D eigenvalue weighted by Crippen LogP contribution is -2.27. The van der Waals surface area contributed by atoms with Gasteiger partial charge in [0, 0.05) is 17.0 Å². The number of amides is 2. The van der Waals surface area contributed by atoms with E-state index in [9.17, 15) is 14.4 Å². The third-order valence-corrected chi connectivity index (χ3v) is 7.47. The second kappa shape index (κ2) is 9.45. The van der Waals surface area contributed by atoms with Gasteiger partial charge in [-0.3, -0.25) is 14.4 Å². The first-order valence-electron chi connectivity index (χ1n) is 11.0. The Kier molecular flexibility index (Phi) is 7.08. The summed E-state index contributed by atoms with van der Waals surface area (Å²) >= 11 is 1.45. The number of hydrogen-bond acceptors (Lipinski definition) is 4. The molecule has 0 saturated carbocycles. The van der Waals surface area contributed by atoms with E-state index < -0.39 is 11.9 Å². The van der Waals surface area contributed by atoms with Crippen LogP contribution in [0, 0.1) is 25.2 Å². The quantitative estimate of drug-likeness (QED) is 0.529. The Morgan fingerprint density at radius 1 is 1.09 bits per heavy atom. The summed E-state index contributed by atoms with van der Waals surface area (Å²) in [6.45, 7) is 10.7. The molecule has 172 valence electrons. The number of benzene rings is 1. The first-order valence-corrected chi connectivity index (χ1v) is 11.8. The molecular formula is C25H32N2O4S. The molecule has 3 N–H and O–H groups in total. The zero-order valence-corrected chi connectivity index (χ0v) is 20.2. The van der Waals surface area contributed by atoms with Crippen LogP contribution in [0.2, 0.25) is 0 Å². The summed E-state index contributed by atoms with van der Waals surface area (Å²) in [4.78, 5) is 37.7. The number of carboxylic acids is 1. The highest BCUT2D eigenvalue weighted by atomic mass is 32.1. The van der Waals surface area contributed by atoms with E-state index in [1.807, 2.05) is 32.0 Å². The Morgan fingerprint density at radius 3 is 2.44 bits per heavy atom. The molecule has 1 aromatic heterocycles. The summed E-state index contributed by atoms with van der Waals surface area (Å²) in [7, 11) is 0. The molecule has 32 heavy (non-hydrogen) atoms. The van der Waals surface area contributed by atoms with Crippen molar-refractivity contribution in [3.05, 3.63) is 45.3 Å². The number of rotatable bonds is 6. The highest BCUT2D eigenvalue weighted by molar-refractivity contribution is 7.17. The number of thiophene rings is 1. The Balaban J connectivity index is 1.92. The van der Waals surface area contributed by atoms with Gasteiger partial charge < -0.3 is 15.7 Å². The van der Waals surface area contributed by atoms with Crippen LogP contribution in [-0.2, 0) is 22.4 Å². The maximum atomic E-state index is 13.3. The van der Waals surface area contributed by atoms with Crippen LogP contribution in [0.5, 0.6) is 0 Å². The fourth-order valence-electron chi connectivity index (χ4n) is 4.08. The zero-order valence-electron chi connectivity index (χ0n) is 19.4. The average Bonchev–Trinajstić information content (AvgIpc) is 3.05. The summed E-state index contributed by atoms with van der Waals surface area (Å²) in [5, 5.41) is 15.2. The molecule has 2 amide bonds. The van der Waals surface area contributed by atoms with Crippen molar-refractivity contribution < 1.29 is 19.5 Å². The number of carbonyl (C=O) groups excluding carboxylic acids is 2. The number of hydrogen-bond donors (Lipinski definition) is 3. The van der Waals surface area contributed by atoms with Crippen LogP contribution in [0.1, 0.15) is 72.0 Å². The van der Waals surface area contributed by atoms with E-state index in [1.165, 1.54) is 11.3 Å². The number of fused-ring (bicyclic) bond motifs is 1. The minimum atomic E-state index is -1.02. The SMILES string of the molecule is Cc1ccc(NC(=O)c2c(NC(=O)CCC(=O)O)sc3c2CCC(C(C)(C)C)C3)cc1C. The second-order valence-electron chi connectivity index (χ2n) is 9.71. The highest BCUT2D eigenvalue weighted by Crippen LogP contribution is 2.44. The van der Waals surface area contributed by atoms with Crippen molar-refractivity contribution in [1.29, 1.82) is 0 Å². The van der Waals surface area contributed by atoms with Gasteiger partial charge in [0.05, 0.1) is 12.0 Å². The van der Waals surface area contributed by atoms with Crippen LogP contribution in [0.4, 0.5) is 10.7 Å². The van der Waals surface area contributed by atoms with Gasteiger partial charge in [-0.25, -0.2) is 0 Å². The van der Waals surface area contributed by atoms with Gasteiger partial charge >= 0.3 is 5.97 Å². The molecule has 1 aliphatic carbocycles. The molecule has 1 aliphatic rings. The van der Waals surface area contributed by atoms with Gasteiger partial charge in [0.1, 0.15) is 5.00 Å². The molecule has 1 atom stereocenters. The molecule has 0 bridgehead atoms. The van der Waals surface area contributed by atoms with E-state index in [0.29, 0.717) is 22.2 Å². The fraction of sp³-hybridized carbons (Fsp3) is 0.480. The van der Waals surface area contributed by atoms with Gasteiger partial charge in [0.2, 0.25) is 5.91 Å². The van der Waals surface area contributed by atoms with E-state index in [4.69, 9.17) is 5.11 Å². The Bertz CT molecular complexity index is 1050. The lowest BCUT2D eigenvalue weighted by molar-refractivity contribution is -0.138. The zero-order chi connectivity index (χ0) is 23.6. The van der Waals surface area contributed by atoms with Crippen LogP contribution in [0.15, 0.2) is 18.2 Å². The minimum Gasteiger partial charge on any atom is -0.481 e. The Hall–Kier alpha value is -2.67. The normalized spacial score (nSPS) is 15.7. The van der Waals surface area contributed by atoms with Crippen LogP contribution in [-0.4, -0.2) is 22.9 Å². The molecule has 1 unspecified atom stereocenters. The third-order valence-electron chi connectivity index (χ3n) is 6.30. The predicted octanol–water partition coefficient (Wildman–Crippen LogP) is 5.57. The smallest absolute Gasteiger partial charge is 0.303 e. The second-order valence-corrected chi connectivity index (χ2v) is 10.8. The Labute approximate surface area is 193 Å².